The van der Waals surface area contributed by atoms with Crippen LogP contribution in [-0.2, 0) is 14.3 Å². The third kappa shape index (κ3) is 5.77. The van der Waals surface area contributed by atoms with E-state index in [2.05, 4.69) is 10.6 Å². The van der Waals surface area contributed by atoms with Crippen molar-refractivity contribution in [3.63, 3.8) is 0 Å². The van der Waals surface area contributed by atoms with E-state index in [1.807, 2.05) is 0 Å². The second kappa shape index (κ2) is 10.4. The van der Waals surface area contributed by atoms with Gasteiger partial charge in [0, 0.05) is 0 Å². The summed E-state index contributed by atoms with van der Waals surface area (Å²) in [7, 11) is 2.55. The molecule has 0 saturated heterocycles. The van der Waals surface area contributed by atoms with Gasteiger partial charge < -0.3 is 20.1 Å². The molecule has 8 heteroatoms. The lowest BCUT2D eigenvalue weighted by Gasteiger charge is -2.17. The van der Waals surface area contributed by atoms with Crippen molar-refractivity contribution in [2.75, 3.05) is 26.1 Å². The molecule has 150 valence electrons. The molecule has 27 heavy (non-hydrogen) atoms. The number of carbonyl (C=O) groups excluding carboxylic acids is 3. The van der Waals surface area contributed by atoms with Gasteiger partial charge in [-0.05, 0) is 38.2 Å². The van der Waals surface area contributed by atoms with Gasteiger partial charge in [0.1, 0.15) is 9.88 Å². The lowest BCUT2D eigenvalue weighted by atomic mass is 9.97. The number of esters is 2. The smallest absolute Gasteiger partial charge is 0.348 e. The van der Waals surface area contributed by atoms with Crippen LogP contribution >= 0.6 is 11.3 Å². The summed E-state index contributed by atoms with van der Waals surface area (Å²) in [6.45, 7) is 1.93. The largest absolute Gasteiger partial charge is 0.465 e. The Morgan fingerprint density at radius 2 is 1.63 bits per heavy atom. The molecule has 2 rings (SSSR count). The van der Waals surface area contributed by atoms with Gasteiger partial charge in [-0.2, -0.15) is 0 Å². The molecule has 1 heterocycles. The zero-order chi connectivity index (χ0) is 19.8. The number of rotatable bonds is 6. The van der Waals surface area contributed by atoms with Gasteiger partial charge in [-0.3, -0.25) is 4.79 Å². The fourth-order valence-corrected chi connectivity index (χ4v) is 4.54. The summed E-state index contributed by atoms with van der Waals surface area (Å²) in [5.74, 6) is -1.32. The molecule has 1 aliphatic rings. The van der Waals surface area contributed by atoms with Crippen molar-refractivity contribution < 1.29 is 29.2 Å². The Morgan fingerprint density at radius 3 is 2.22 bits per heavy atom. The summed E-state index contributed by atoms with van der Waals surface area (Å²) in [6.07, 6.45) is 8.53. The van der Waals surface area contributed by atoms with E-state index in [0.29, 0.717) is 16.6 Å². The molecule has 0 aromatic carbocycles. The molecule has 1 aromatic rings. The van der Waals surface area contributed by atoms with Crippen LogP contribution in [0.15, 0.2) is 0 Å². The van der Waals surface area contributed by atoms with Crippen molar-refractivity contribution in [1.29, 1.82) is 0 Å². The summed E-state index contributed by atoms with van der Waals surface area (Å²) in [4.78, 5) is 36.7. The number of carbonyl (C=O) groups is 3. The van der Waals surface area contributed by atoms with E-state index in [4.69, 9.17) is 9.47 Å². The van der Waals surface area contributed by atoms with Gasteiger partial charge in [-0.1, -0.05) is 19.3 Å². The summed E-state index contributed by atoms with van der Waals surface area (Å²) in [6, 6.07) is 0.465. The average Bonchev–Trinajstić information content (AvgIpc) is 2.95. The van der Waals surface area contributed by atoms with Gasteiger partial charge in [0.05, 0.1) is 25.8 Å². The molecule has 1 aliphatic carbocycles. The lowest BCUT2D eigenvalue weighted by molar-refractivity contribution is -0.680. The molecule has 3 N–H and O–H groups in total. The number of hydrogen-bond donors (Lipinski definition) is 2. The van der Waals surface area contributed by atoms with E-state index in [1.54, 1.807) is 6.92 Å². The van der Waals surface area contributed by atoms with Crippen LogP contribution < -0.4 is 10.6 Å². The number of anilines is 1. The van der Waals surface area contributed by atoms with E-state index in [9.17, 15) is 14.4 Å². The SMILES string of the molecule is COC(=O)c1sc(NC(=O)C[NH2+]C2CCCCCCC2)c(C(=O)OC)c1C. The fourth-order valence-electron chi connectivity index (χ4n) is 3.41. The maximum absolute atomic E-state index is 12.4. The molecule has 1 saturated carbocycles. The minimum Gasteiger partial charge on any atom is -0.465 e. The zero-order valence-electron chi connectivity index (χ0n) is 16.3. The minimum absolute atomic E-state index is 0.195. The highest BCUT2D eigenvalue weighted by atomic mass is 32.1. The summed E-state index contributed by atoms with van der Waals surface area (Å²) >= 11 is 1.04. The first-order chi connectivity index (χ1) is 13.0. The Kier molecular flexibility index (Phi) is 8.24. The van der Waals surface area contributed by atoms with Crippen LogP contribution in [0.3, 0.4) is 0 Å². The predicted molar refractivity (Wildman–Crippen MR) is 103 cm³/mol. The normalized spacial score (nSPS) is 15.5. The van der Waals surface area contributed by atoms with Crippen LogP contribution in [-0.4, -0.2) is 44.7 Å². The maximum Gasteiger partial charge on any atom is 0.348 e. The zero-order valence-corrected chi connectivity index (χ0v) is 17.1. The highest BCUT2D eigenvalue weighted by molar-refractivity contribution is 7.18. The van der Waals surface area contributed by atoms with Crippen molar-refractivity contribution in [3.8, 4) is 0 Å². The molecule has 0 unspecified atom stereocenters. The number of quaternary nitrogens is 1. The first kappa shape index (κ1) is 21.4. The average molecular weight is 398 g/mol. The van der Waals surface area contributed by atoms with Gasteiger partial charge >= 0.3 is 11.9 Å². The summed E-state index contributed by atoms with van der Waals surface area (Å²) < 4.78 is 9.56. The van der Waals surface area contributed by atoms with Crippen molar-refractivity contribution >= 4 is 34.2 Å². The molecule has 0 atom stereocenters. The Morgan fingerprint density at radius 1 is 1.04 bits per heavy atom. The highest BCUT2D eigenvalue weighted by Crippen LogP contribution is 2.34. The molecule has 1 aromatic heterocycles. The van der Waals surface area contributed by atoms with E-state index >= 15 is 0 Å². The number of thiophene rings is 1. The molecule has 0 radical (unpaired) electrons. The Bertz CT molecular complexity index is 678. The van der Waals surface area contributed by atoms with Gasteiger partial charge in [-0.25, -0.2) is 9.59 Å². The molecule has 1 fully saturated rings. The van der Waals surface area contributed by atoms with Crippen molar-refractivity contribution in [2.24, 2.45) is 0 Å². The van der Waals surface area contributed by atoms with Crippen LogP contribution in [0.25, 0.3) is 0 Å². The van der Waals surface area contributed by atoms with E-state index < -0.39 is 11.9 Å². The van der Waals surface area contributed by atoms with Gasteiger partial charge in [0.15, 0.2) is 6.54 Å². The first-order valence-corrected chi connectivity index (χ1v) is 10.2. The fraction of sp³-hybridized carbons (Fsp3) is 0.632. The van der Waals surface area contributed by atoms with Crippen molar-refractivity contribution in [3.05, 3.63) is 16.0 Å². The van der Waals surface area contributed by atoms with Gasteiger partial charge in [0.2, 0.25) is 0 Å². The highest BCUT2D eigenvalue weighted by Gasteiger charge is 2.27. The third-order valence-electron chi connectivity index (χ3n) is 4.95. The van der Waals surface area contributed by atoms with Crippen molar-refractivity contribution in [1.82, 2.24) is 0 Å². The van der Waals surface area contributed by atoms with E-state index in [-0.39, 0.29) is 22.9 Å². The van der Waals surface area contributed by atoms with E-state index in [1.165, 1.54) is 46.3 Å². The summed E-state index contributed by atoms with van der Waals surface area (Å²) in [5.41, 5.74) is 0.667. The number of nitrogens with one attached hydrogen (secondary N) is 1. The second-order valence-corrected chi connectivity index (χ2v) is 7.86. The predicted octanol–water partition coefficient (Wildman–Crippen LogP) is 2.24. The molecule has 1 amide bonds. The van der Waals surface area contributed by atoms with Crippen LogP contribution in [0.5, 0.6) is 0 Å². The number of methoxy groups -OCH3 is 2. The first-order valence-electron chi connectivity index (χ1n) is 9.41. The van der Waals surface area contributed by atoms with Crippen molar-refractivity contribution in [2.45, 2.75) is 57.9 Å². The van der Waals surface area contributed by atoms with E-state index in [0.717, 1.165) is 24.2 Å². The Hall–Kier alpha value is -1.93. The topological polar surface area (TPSA) is 98.3 Å². The number of amides is 1. The number of ether oxygens (including phenoxy) is 2. The van der Waals surface area contributed by atoms with Crippen LogP contribution in [0.4, 0.5) is 5.00 Å². The maximum atomic E-state index is 12.4. The standard InChI is InChI=1S/C19H28N2O5S/c1-12-15(18(23)25-2)17(27-16(12)19(24)26-3)21-14(22)11-20-13-9-7-5-4-6-8-10-13/h13,20H,4-11H2,1-3H3,(H,21,22)/p+1. The van der Waals surface area contributed by atoms with Crippen LogP contribution in [0.1, 0.15) is 70.5 Å². The quantitative estimate of drug-likeness (QED) is 0.718. The molecule has 7 nitrogen and oxygen atoms in total. The molecule has 0 aliphatic heterocycles. The summed E-state index contributed by atoms with van der Waals surface area (Å²) in [5, 5.41) is 5.19. The molecular formula is C19H29N2O5S+. The van der Waals surface area contributed by atoms with Crippen LogP contribution in [0, 0.1) is 6.92 Å². The Labute approximate surface area is 163 Å². The lowest BCUT2D eigenvalue weighted by Crippen LogP contribution is -2.91. The third-order valence-corrected chi connectivity index (χ3v) is 6.13. The van der Waals surface area contributed by atoms with Gasteiger partial charge in [-0.15, -0.1) is 11.3 Å². The minimum atomic E-state index is -0.585. The molecule has 0 bridgehead atoms. The number of nitrogens with two attached hydrogens (primary N) is 1. The van der Waals surface area contributed by atoms with Crippen LogP contribution in [0.2, 0.25) is 0 Å². The Balaban J connectivity index is 2.05. The van der Waals surface area contributed by atoms with Gasteiger partial charge in [0.25, 0.3) is 5.91 Å². The monoisotopic (exact) mass is 397 g/mol. The molecule has 0 spiro atoms. The second-order valence-electron chi connectivity index (χ2n) is 6.84. The molecular weight excluding hydrogens is 368 g/mol. The number of hydrogen-bond acceptors (Lipinski definition) is 6.